The Morgan fingerprint density at radius 2 is 1.06 bits per heavy atom. The molecule has 0 saturated carbocycles. The Morgan fingerprint density at radius 1 is 0.562 bits per heavy atom. The van der Waals surface area contributed by atoms with Gasteiger partial charge in [-0.3, -0.25) is 0 Å². The molecule has 4 aromatic rings. The molecule has 1 heteroatoms. The molecule has 0 heterocycles. The molecule has 0 nitrogen and oxygen atoms in total. The standard InChI is InChI=1S/C13H13.3C6H5.Pt/c1-10-6-5-9-13(11(10)2)12-7-3-4-8-12;3*1-2-4-6-5-3-1;/h3,5-7,9H,4H2,1-2H3;3*1-5H;. The third-order valence-corrected chi connectivity index (χ3v) is 17.3. The van der Waals surface area contributed by atoms with Crippen molar-refractivity contribution in [3.05, 3.63) is 142 Å². The minimum absolute atomic E-state index is 1.01. The van der Waals surface area contributed by atoms with Crippen LogP contribution in [0.4, 0.5) is 0 Å². The molecule has 4 aromatic carbocycles. The second kappa shape index (κ2) is 8.89. The van der Waals surface area contributed by atoms with E-state index in [1.165, 1.54) is 34.1 Å². The summed E-state index contributed by atoms with van der Waals surface area (Å²) in [7, 11) is 0. The van der Waals surface area contributed by atoms with Gasteiger partial charge < -0.3 is 0 Å². The van der Waals surface area contributed by atoms with Gasteiger partial charge in [0.15, 0.2) is 0 Å². The molecule has 5 rings (SSSR count). The third kappa shape index (κ3) is 3.44. The van der Waals surface area contributed by atoms with Gasteiger partial charge in [-0.05, 0) is 0 Å². The van der Waals surface area contributed by atoms with Crippen LogP contribution in [0.15, 0.2) is 125 Å². The van der Waals surface area contributed by atoms with Crippen molar-refractivity contribution in [1.82, 2.24) is 0 Å². The van der Waals surface area contributed by atoms with Gasteiger partial charge in [0.05, 0.1) is 0 Å². The van der Waals surface area contributed by atoms with Crippen LogP contribution in [0.5, 0.6) is 0 Å². The van der Waals surface area contributed by atoms with Crippen molar-refractivity contribution in [1.29, 1.82) is 0 Å². The minimum atomic E-state index is -3.09. The molecule has 0 aliphatic heterocycles. The van der Waals surface area contributed by atoms with Gasteiger partial charge in [0.1, 0.15) is 0 Å². The molecule has 162 valence electrons. The zero-order valence-corrected chi connectivity index (χ0v) is 20.8. The Labute approximate surface area is 195 Å². The Bertz CT molecular complexity index is 1190. The van der Waals surface area contributed by atoms with Gasteiger partial charge in [0.2, 0.25) is 0 Å². The Kier molecular flexibility index (Phi) is 5.81. The van der Waals surface area contributed by atoms with Crippen LogP contribution < -0.4 is 11.9 Å². The number of allylic oxidation sites excluding steroid dienone is 4. The van der Waals surface area contributed by atoms with E-state index in [2.05, 4.69) is 135 Å². The van der Waals surface area contributed by atoms with E-state index in [1.54, 1.807) is 3.96 Å². The van der Waals surface area contributed by atoms with Crippen molar-refractivity contribution >= 4 is 17.4 Å². The molecule has 0 aromatic heterocycles. The molecule has 0 atom stereocenters. The maximum absolute atomic E-state index is 3.09. The Hall–Kier alpha value is -2.95. The molecule has 32 heavy (non-hydrogen) atoms. The summed E-state index contributed by atoms with van der Waals surface area (Å²) in [5.74, 6) is 0. The normalized spacial score (nSPS) is 14.1. The molecule has 0 unspecified atom stereocenters. The van der Waals surface area contributed by atoms with E-state index in [9.17, 15) is 0 Å². The first-order valence-electron chi connectivity index (χ1n) is 11.0. The van der Waals surface area contributed by atoms with Crippen LogP contribution in [0.3, 0.4) is 0 Å². The van der Waals surface area contributed by atoms with E-state index in [1.807, 2.05) is 0 Å². The van der Waals surface area contributed by atoms with Gasteiger partial charge in [-0.2, -0.15) is 0 Å². The summed E-state index contributed by atoms with van der Waals surface area (Å²) in [6.07, 6.45) is 5.77. The van der Waals surface area contributed by atoms with Gasteiger partial charge in [-0.1, -0.05) is 0 Å². The fraction of sp³-hybridized carbons (Fsp3) is 0.0968. The topological polar surface area (TPSA) is 0 Å². The first kappa shape index (κ1) is 20.9. The van der Waals surface area contributed by atoms with Gasteiger partial charge >= 0.3 is 196 Å². The quantitative estimate of drug-likeness (QED) is 0.262. The summed E-state index contributed by atoms with van der Waals surface area (Å²) < 4.78 is 6.08. The number of rotatable bonds is 5. The van der Waals surface area contributed by atoms with Crippen LogP contribution in [0.1, 0.15) is 23.1 Å². The zero-order valence-electron chi connectivity index (χ0n) is 18.6. The van der Waals surface area contributed by atoms with Crippen LogP contribution >= 0.6 is 0 Å². The van der Waals surface area contributed by atoms with Gasteiger partial charge in [-0.25, -0.2) is 0 Å². The van der Waals surface area contributed by atoms with Gasteiger partial charge in [0.25, 0.3) is 0 Å². The summed E-state index contributed by atoms with van der Waals surface area (Å²) in [6, 6.07) is 40.6. The summed E-state index contributed by atoms with van der Waals surface area (Å²) in [4.78, 5) is 0. The van der Waals surface area contributed by atoms with Crippen LogP contribution in [-0.4, -0.2) is 0 Å². The molecule has 1 aliphatic rings. The second-order valence-electron chi connectivity index (χ2n) is 7.89. The maximum atomic E-state index is 2.38. The van der Waals surface area contributed by atoms with Crippen molar-refractivity contribution in [3.8, 4) is 0 Å². The first-order chi connectivity index (χ1) is 15.7. The fourth-order valence-corrected chi connectivity index (χ4v) is 16.0. The van der Waals surface area contributed by atoms with Crippen molar-refractivity contribution < 1.29 is 16.1 Å². The molecular weight excluding hydrogens is 567 g/mol. The Morgan fingerprint density at radius 3 is 1.56 bits per heavy atom. The predicted molar refractivity (Wildman–Crippen MR) is 135 cm³/mol. The summed E-state index contributed by atoms with van der Waals surface area (Å²) >= 11 is -3.09. The van der Waals surface area contributed by atoms with E-state index in [0.717, 1.165) is 6.42 Å². The van der Waals surface area contributed by atoms with Gasteiger partial charge in [-0.15, -0.1) is 0 Å². The molecule has 0 amide bonds. The zero-order chi connectivity index (χ0) is 22.0. The van der Waals surface area contributed by atoms with Crippen molar-refractivity contribution in [2.24, 2.45) is 0 Å². The van der Waals surface area contributed by atoms with E-state index in [-0.39, 0.29) is 0 Å². The number of aryl methyl sites for hydroxylation is 1. The fourth-order valence-electron chi connectivity index (χ4n) is 4.29. The molecule has 0 bridgehead atoms. The molecule has 1 aliphatic carbocycles. The summed E-state index contributed by atoms with van der Waals surface area (Å²) in [5.41, 5.74) is 5.55. The SMILES string of the molecule is Cc1cccc(C2=[C]([Pt]([c]3ccccc3)([c]3ccccc3)[c]3ccccc3)CC=C2)c1C. The summed E-state index contributed by atoms with van der Waals surface area (Å²) in [6.45, 7) is 4.49. The van der Waals surface area contributed by atoms with E-state index >= 15 is 0 Å². The molecule has 0 spiro atoms. The van der Waals surface area contributed by atoms with E-state index in [0.29, 0.717) is 0 Å². The molecule has 0 radical (unpaired) electrons. The van der Waals surface area contributed by atoms with Crippen molar-refractivity contribution in [2.45, 2.75) is 20.3 Å². The number of benzene rings is 4. The second-order valence-corrected chi connectivity index (χ2v) is 16.6. The third-order valence-electron chi connectivity index (χ3n) is 5.98. The number of hydrogen-bond acceptors (Lipinski definition) is 0. The molecular formula is C31H28Pt. The van der Waals surface area contributed by atoms with E-state index in [4.69, 9.17) is 0 Å². The van der Waals surface area contributed by atoms with Crippen LogP contribution in [-0.2, 0) is 16.1 Å². The average Bonchev–Trinajstić information content (AvgIpc) is 3.33. The molecule has 0 N–H and O–H groups in total. The Balaban J connectivity index is 1.92. The predicted octanol–water partition coefficient (Wildman–Crippen LogP) is 6.10. The van der Waals surface area contributed by atoms with Crippen molar-refractivity contribution in [3.63, 3.8) is 0 Å². The van der Waals surface area contributed by atoms with Crippen molar-refractivity contribution in [2.75, 3.05) is 0 Å². The monoisotopic (exact) mass is 595 g/mol. The molecule has 0 fully saturated rings. The average molecular weight is 596 g/mol. The van der Waals surface area contributed by atoms with Crippen LogP contribution in [0.2, 0.25) is 0 Å². The van der Waals surface area contributed by atoms with Crippen LogP contribution in [0.25, 0.3) is 5.57 Å². The number of hydrogen-bond donors (Lipinski definition) is 0. The molecule has 0 saturated heterocycles. The van der Waals surface area contributed by atoms with Crippen LogP contribution in [0, 0.1) is 13.8 Å². The van der Waals surface area contributed by atoms with Gasteiger partial charge in [0, 0.05) is 0 Å². The first-order valence-corrected chi connectivity index (χ1v) is 15.5. The van der Waals surface area contributed by atoms with E-state index < -0.39 is 16.1 Å². The summed E-state index contributed by atoms with van der Waals surface area (Å²) in [5, 5.41) is 0.